The van der Waals surface area contributed by atoms with Gasteiger partial charge in [0.25, 0.3) is 0 Å². The van der Waals surface area contributed by atoms with Crippen LogP contribution in [0.1, 0.15) is 31.7 Å². The Morgan fingerprint density at radius 2 is 2.24 bits per heavy atom. The molecule has 0 heterocycles. The summed E-state index contributed by atoms with van der Waals surface area (Å²) in [5.74, 6) is 0.785. The number of hydrogen-bond donors (Lipinski definition) is 1. The van der Waals surface area contributed by atoms with Gasteiger partial charge in [0, 0.05) is 12.6 Å². The van der Waals surface area contributed by atoms with Gasteiger partial charge in [-0.15, -0.1) is 0 Å². The highest BCUT2D eigenvalue weighted by molar-refractivity contribution is 5.60. The van der Waals surface area contributed by atoms with Gasteiger partial charge in [-0.25, -0.2) is 0 Å². The van der Waals surface area contributed by atoms with Gasteiger partial charge in [0.1, 0.15) is 11.8 Å². The van der Waals surface area contributed by atoms with Gasteiger partial charge in [0.15, 0.2) is 0 Å². The minimum atomic E-state index is 0.468. The Hall–Kier alpha value is -1.69. The number of benzene rings is 1. The van der Waals surface area contributed by atoms with E-state index in [2.05, 4.69) is 18.3 Å². The van der Waals surface area contributed by atoms with Crippen molar-refractivity contribution in [1.82, 2.24) is 0 Å². The number of methoxy groups -OCH3 is 1. The van der Waals surface area contributed by atoms with Crippen molar-refractivity contribution < 1.29 is 4.74 Å². The number of rotatable bonds is 5. The Balaban J connectivity index is 2.11. The summed E-state index contributed by atoms with van der Waals surface area (Å²) in [6.07, 6.45) is 3.79. The van der Waals surface area contributed by atoms with E-state index in [0.29, 0.717) is 11.0 Å². The second-order valence-corrected chi connectivity index (χ2v) is 4.73. The van der Waals surface area contributed by atoms with Crippen molar-refractivity contribution in [3.8, 4) is 11.8 Å². The second-order valence-electron chi connectivity index (χ2n) is 4.73. The van der Waals surface area contributed by atoms with Crippen LogP contribution in [0.15, 0.2) is 18.2 Å². The number of anilines is 1. The zero-order valence-corrected chi connectivity index (χ0v) is 10.4. The molecule has 1 N–H and O–H groups in total. The fourth-order valence-corrected chi connectivity index (χ4v) is 2.01. The van der Waals surface area contributed by atoms with E-state index in [0.717, 1.165) is 18.0 Å². The molecule has 1 aromatic rings. The highest BCUT2D eigenvalue weighted by Crippen LogP contribution is 2.48. The summed E-state index contributed by atoms with van der Waals surface area (Å²) in [7, 11) is 1.64. The van der Waals surface area contributed by atoms with Crippen molar-refractivity contribution in [1.29, 1.82) is 5.26 Å². The highest BCUT2D eigenvalue weighted by atomic mass is 16.5. The average molecular weight is 230 g/mol. The molecule has 0 spiro atoms. The smallest absolute Gasteiger partial charge is 0.121 e. The molecular formula is C14H18N2O. The van der Waals surface area contributed by atoms with E-state index < -0.39 is 0 Å². The quantitative estimate of drug-likeness (QED) is 0.845. The zero-order chi connectivity index (χ0) is 12.3. The van der Waals surface area contributed by atoms with Crippen LogP contribution in [-0.2, 0) is 0 Å². The summed E-state index contributed by atoms with van der Waals surface area (Å²) in [4.78, 5) is 0. The lowest BCUT2D eigenvalue weighted by Crippen LogP contribution is -2.15. The van der Waals surface area contributed by atoms with E-state index in [4.69, 9.17) is 10.00 Å². The molecule has 1 aromatic carbocycles. The van der Waals surface area contributed by atoms with Gasteiger partial charge in [0.05, 0.1) is 18.4 Å². The van der Waals surface area contributed by atoms with Crippen molar-refractivity contribution >= 4 is 5.69 Å². The lowest BCUT2D eigenvalue weighted by Gasteiger charge is -2.15. The third-order valence-electron chi connectivity index (χ3n) is 3.71. The Kier molecular flexibility index (Phi) is 3.23. The molecule has 0 bridgehead atoms. The normalized spacial score (nSPS) is 16.1. The van der Waals surface area contributed by atoms with Crippen LogP contribution in [0.2, 0.25) is 0 Å². The molecule has 0 saturated heterocycles. The highest BCUT2D eigenvalue weighted by Gasteiger charge is 2.40. The SMILES string of the molecule is CCC1(CNc2cc(OC)ccc2C#N)CC1. The fourth-order valence-electron chi connectivity index (χ4n) is 2.01. The number of nitriles is 1. The van der Waals surface area contributed by atoms with E-state index in [-0.39, 0.29) is 0 Å². The zero-order valence-electron chi connectivity index (χ0n) is 10.4. The monoisotopic (exact) mass is 230 g/mol. The number of nitrogens with one attached hydrogen (secondary N) is 1. The van der Waals surface area contributed by atoms with Crippen molar-refractivity contribution in [3.05, 3.63) is 23.8 Å². The number of hydrogen-bond acceptors (Lipinski definition) is 3. The fraction of sp³-hybridized carbons (Fsp3) is 0.500. The minimum absolute atomic E-state index is 0.468. The first kappa shape index (κ1) is 11.8. The largest absolute Gasteiger partial charge is 0.497 e. The van der Waals surface area contributed by atoms with E-state index in [1.165, 1.54) is 19.3 Å². The van der Waals surface area contributed by atoms with E-state index in [1.54, 1.807) is 13.2 Å². The van der Waals surface area contributed by atoms with Crippen LogP contribution in [0.25, 0.3) is 0 Å². The van der Waals surface area contributed by atoms with Crippen LogP contribution in [0.5, 0.6) is 5.75 Å². The van der Waals surface area contributed by atoms with Crippen molar-refractivity contribution in [3.63, 3.8) is 0 Å². The van der Waals surface area contributed by atoms with E-state index in [1.807, 2.05) is 12.1 Å². The molecule has 0 amide bonds. The first-order valence-electron chi connectivity index (χ1n) is 6.05. The minimum Gasteiger partial charge on any atom is -0.497 e. The van der Waals surface area contributed by atoms with Crippen LogP contribution in [0.4, 0.5) is 5.69 Å². The summed E-state index contributed by atoms with van der Waals surface area (Å²) in [6.45, 7) is 3.18. The number of ether oxygens (including phenoxy) is 1. The Morgan fingerprint density at radius 1 is 1.47 bits per heavy atom. The molecular weight excluding hydrogens is 212 g/mol. The standard InChI is InChI=1S/C14H18N2O/c1-3-14(6-7-14)10-16-13-8-12(17-2)5-4-11(13)9-15/h4-5,8,16H,3,6-7,10H2,1-2H3. The molecule has 1 saturated carbocycles. The maximum Gasteiger partial charge on any atom is 0.121 e. The van der Waals surface area contributed by atoms with Crippen LogP contribution >= 0.6 is 0 Å². The molecule has 1 aliphatic rings. The Morgan fingerprint density at radius 3 is 2.76 bits per heavy atom. The summed E-state index contributed by atoms with van der Waals surface area (Å²) in [6, 6.07) is 7.71. The molecule has 0 radical (unpaired) electrons. The maximum absolute atomic E-state index is 9.05. The summed E-state index contributed by atoms with van der Waals surface area (Å²) >= 11 is 0. The van der Waals surface area contributed by atoms with Crippen LogP contribution in [0, 0.1) is 16.7 Å². The van der Waals surface area contributed by atoms with Gasteiger partial charge in [-0.3, -0.25) is 0 Å². The molecule has 17 heavy (non-hydrogen) atoms. The summed E-state index contributed by atoms with van der Waals surface area (Å²) < 4.78 is 5.18. The molecule has 3 nitrogen and oxygen atoms in total. The van der Waals surface area contributed by atoms with Gasteiger partial charge in [-0.1, -0.05) is 6.92 Å². The first-order chi connectivity index (χ1) is 8.23. The molecule has 1 aliphatic carbocycles. The van der Waals surface area contributed by atoms with E-state index >= 15 is 0 Å². The first-order valence-corrected chi connectivity index (χ1v) is 6.05. The maximum atomic E-state index is 9.05. The van der Waals surface area contributed by atoms with Crippen molar-refractivity contribution in [2.24, 2.45) is 5.41 Å². The van der Waals surface area contributed by atoms with Crippen LogP contribution in [-0.4, -0.2) is 13.7 Å². The third kappa shape index (κ3) is 2.52. The lowest BCUT2D eigenvalue weighted by molar-refractivity contribution is 0.415. The lowest BCUT2D eigenvalue weighted by atomic mass is 10.0. The topological polar surface area (TPSA) is 45.0 Å². The molecule has 0 aliphatic heterocycles. The molecule has 1 fully saturated rings. The Bertz CT molecular complexity index is 444. The van der Waals surface area contributed by atoms with Gasteiger partial charge in [-0.2, -0.15) is 5.26 Å². The van der Waals surface area contributed by atoms with Gasteiger partial charge in [0.2, 0.25) is 0 Å². The molecule has 0 aromatic heterocycles. The molecule has 90 valence electrons. The van der Waals surface area contributed by atoms with Gasteiger partial charge >= 0.3 is 0 Å². The van der Waals surface area contributed by atoms with Crippen LogP contribution < -0.4 is 10.1 Å². The number of nitrogens with zero attached hydrogens (tertiary/aromatic N) is 1. The third-order valence-corrected chi connectivity index (χ3v) is 3.71. The second kappa shape index (κ2) is 4.67. The molecule has 0 atom stereocenters. The van der Waals surface area contributed by atoms with E-state index in [9.17, 15) is 0 Å². The predicted molar refractivity (Wildman–Crippen MR) is 68.2 cm³/mol. The summed E-state index contributed by atoms with van der Waals surface area (Å²) in [5, 5.41) is 12.4. The van der Waals surface area contributed by atoms with Crippen molar-refractivity contribution in [2.75, 3.05) is 19.0 Å². The van der Waals surface area contributed by atoms with Crippen molar-refractivity contribution in [2.45, 2.75) is 26.2 Å². The average Bonchev–Trinajstić information content (AvgIpc) is 3.16. The van der Waals surface area contributed by atoms with Gasteiger partial charge < -0.3 is 10.1 Å². The van der Waals surface area contributed by atoms with Crippen LogP contribution in [0.3, 0.4) is 0 Å². The molecule has 0 unspecified atom stereocenters. The summed E-state index contributed by atoms with van der Waals surface area (Å²) in [5.41, 5.74) is 2.03. The van der Waals surface area contributed by atoms with Gasteiger partial charge in [-0.05, 0) is 36.8 Å². The Labute approximate surface area is 102 Å². The molecule has 2 rings (SSSR count). The predicted octanol–water partition coefficient (Wildman–Crippen LogP) is 3.17. The molecule has 3 heteroatoms.